The summed E-state index contributed by atoms with van der Waals surface area (Å²) >= 11 is 6.71. The molecule has 0 bridgehead atoms. The number of amides is 1. The molecule has 0 spiro atoms. The molecule has 6 nitrogen and oxygen atoms in total. The summed E-state index contributed by atoms with van der Waals surface area (Å²) in [6.07, 6.45) is 0.278. The van der Waals surface area contributed by atoms with Crippen molar-refractivity contribution in [1.82, 2.24) is 20.2 Å². The summed E-state index contributed by atoms with van der Waals surface area (Å²) in [4.78, 5) is 12.0. The Hall–Kier alpha value is -1.93. The molecule has 22 heavy (non-hydrogen) atoms. The average molecular weight is 335 g/mol. The van der Waals surface area contributed by atoms with E-state index >= 15 is 0 Å². The summed E-state index contributed by atoms with van der Waals surface area (Å²) in [5.74, 6) is 1.38. The fraction of sp³-hybridized carbons (Fsp3) is 0.286. The molecule has 8 heteroatoms. The number of aromatic nitrogens is 3. The minimum Gasteiger partial charge on any atom is -0.302 e. The van der Waals surface area contributed by atoms with Gasteiger partial charge in [-0.05, 0) is 30.5 Å². The molecule has 0 atom stereocenters. The quantitative estimate of drug-likeness (QED) is 0.642. The number of rotatable bonds is 5. The zero-order valence-corrected chi connectivity index (χ0v) is 14.0. The normalized spacial score (nSPS) is 10.3. The van der Waals surface area contributed by atoms with E-state index in [4.69, 9.17) is 12.2 Å². The molecule has 0 fully saturated rings. The topological polar surface area (TPSA) is 71.8 Å². The van der Waals surface area contributed by atoms with Gasteiger partial charge in [0.1, 0.15) is 5.82 Å². The van der Waals surface area contributed by atoms with Crippen molar-refractivity contribution in [2.45, 2.75) is 25.4 Å². The van der Waals surface area contributed by atoms with Crippen LogP contribution >= 0.6 is 24.0 Å². The van der Waals surface area contributed by atoms with Crippen LogP contribution in [0.2, 0.25) is 0 Å². The van der Waals surface area contributed by atoms with Crippen LogP contribution in [-0.4, -0.2) is 31.6 Å². The van der Waals surface area contributed by atoms with Crippen LogP contribution in [0.3, 0.4) is 0 Å². The van der Waals surface area contributed by atoms with Gasteiger partial charge in [-0.1, -0.05) is 49.0 Å². The molecular formula is C14H17N5OS2. The molecule has 0 saturated carbocycles. The van der Waals surface area contributed by atoms with Gasteiger partial charge in [0.15, 0.2) is 5.11 Å². The van der Waals surface area contributed by atoms with Crippen LogP contribution in [0.25, 0.3) is 0 Å². The van der Waals surface area contributed by atoms with E-state index in [9.17, 15) is 4.79 Å². The number of carbonyl (C=O) groups is 1. The molecule has 0 aliphatic rings. The smallest absolute Gasteiger partial charge is 0.230 e. The zero-order chi connectivity index (χ0) is 15.9. The van der Waals surface area contributed by atoms with Gasteiger partial charge in [0.2, 0.25) is 11.1 Å². The number of aryl methyl sites for hydroxylation is 1. The lowest BCUT2D eigenvalue weighted by molar-refractivity contribution is -0.119. The third-order valence-electron chi connectivity index (χ3n) is 2.74. The lowest BCUT2D eigenvalue weighted by Crippen LogP contribution is -2.39. The predicted octanol–water partition coefficient (Wildman–Crippen LogP) is 1.89. The highest BCUT2D eigenvalue weighted by atomic mass is 32.2. The molecule has 0 aliphatic heterocycles. The minimum atomic E-state index is -0.167. The van der Waals surface area contributed by atoms with E-state index in [1.807, 2.05) is 44.2 Å². The minimum absolute atomic E-state index is 0.167. The molecule has 116 valence electrons. The van der Waals surface area contributed by atoms with Crippen molar-refractivity contribution in [3.05, 3.63) is 41.7 Å². The number of benzene rings is 1. The highest BCUT2D eigenvalue weighted by Crippen LogP contribution is 2.14. The van der Waals surface area contributed by atoms with Crippen LogP contribution in [0.4, 0.5) is 0 Å². The van der Waals surface area contributed by atoms with Crippen molar-refractivity contribution in [2.24, 2.45) is 0 Å². The van der Waals surface area contributed by atoms with Gasteiger partial charge in [-0.25, -0.2) is 4.68 Å². The Kier molecular flexibility index (Phi) is 5.91. The van der Waals surface area contributed by atoms with Crippen LogP contribution in [-0.2, 0) is 11.2 Å². The van der Waals surface area contributed by atoms with Gasteiger partial charge < -0.3 is 5.32 Å². The van der Waals surface area contributed by atoms with Gasteiger partial charge in [0.25, 0.3) is 0 Å². The molecule has 2 rings (SSSR count). The number of hydrogen-bond acceptors (Lipinski definition) is 5. The third kappa shape index (κ3) is 4.54. The van der Waals surface area contributed by atoms with E-state index in [0.717, 1.165) is 11.3 Å². The zero-order valence-electron chi connectivity index (χ0n) is 12.4. The molecule has 1 aromatic heterocycles. The first-order chi connectivity index (χ1) is 10.6. The Morgan fingerprint density at radius 1 is 1.32 bits per heavy atom. The Balaban J connectivity index is 1.93. The van der Waals surface area contributed by atoms with E-state index in [1.165, 1.54) is 0 Å². The fourth-order valence-corrected chi connectivity index (χ4v) is 2.64. The largest absolute Gasteiger partial charge is 0.302 e. The maximum atomic E-state index is 12.0. The van der Waals surface area contributed by atoms with Gasteiger partial charge in [0, 0.05) is 0 Å². The van der Waals surface area contributed by atoms with Crippen molar-refractivity contribution in [2.75, 3.05) is 11.2 Å². The van der Waals surface area contributed by atoms with Gasteiger partial charge in [-0.2, -0.15) is 0 Å². The van der Waals surface area contributed by atoms with Crippen molar-refractivity contribution < 1.29 is 4.79 Å². The van der Waals surface area contributed by atoms with E-state index < -0.39 is 0 Å². The SMILES string of the molecule is CCSc1nnc(C)n1NC(=S)NC(=O)Cc1ccccc1. The van der Waals surface area contributed by atoms with Crippen LogP contribution in [0.15, 0.2) is 35.5 Å². The lowest BCUT2D eigenvalue weighted by atomic mass is 10.1. The Morgan fingerprint density at radius 3 is 2.73 bits per heavy atom. The van der Waals surface area contributed by atoms with Gasteiger partial charge in [-0.15, -0.1) is 10.2 Å². The molecule has 0 saturated heterocycles. The summed E-state index contributed by atoms with van der Waals surface area (Å²) in [6.45, 7) is 3.84. The number of hydrogen-bond donors (Lipinski definition) is 2. The highest BCUT2D eigenvalue weighted by molar-refractivity contribution is 7.99. The van der Waals surface area contributed by atoms with E-state index in [0.29, 0.717) is 11.0 Å². The fourth-order valence-electron chi connectivity index (χ4n) is 1.78. The Labute approximate surface area is 138 Å². The predicted molar refractivity (Wildman–Crippen MR) is 91.4 cm³/mol. The second kappa shape index (κ2) is 7.90. The van der Waals surface area contributed by atoms with Gasteiger partial charge >= 0.3 is 0 Å². The standard InChI is InChI=1S/C14H17N5OS2/c1-3-22-14-17-16-10(2)19(14)18-13(21)15-12(20)9-11-7-5-4-6-8-11/h4-8H,3,9H2,1-2H3,(H2,15,18,20,21). The maximum Gasteiger partial charge on any atom is 0.230 e. The number of carbonyl (C=O) groups excluding carboxylic acids is 1. The van der Waals surface area contributed by atoms with Crippen LogP contribution in [0.1, 0.15) is 18.3 Å². The maximum absolute atomic E-state index is 12.0. The molecule has 0 unspecified atom stereocenters. The first-order valence-electron chi connectivity index (χ1n) is 6.79. The van der Waals surface area contributed by atoms with Crippen molar-refractivity contribution in [3.8, 4) is 0 Å². The van der Waals surface area contributed by atoms with Crippen LogP contribution in [0.5, 0.6) is 0 Å². The molecule has 2 aromatic rings. The average Bonchev–Trinajstić information content (AvgIpc) is 2.81. The van der Waals surface area contributed by atoms with Gasteiger partial charge in [0.05, 0.1) is 6.42 Å². The second-order valence-electron chi connectivity index (χ2n) is 4.45. The molecular weight excluding hydrogens is 318 g/mol. The number of thiocarbonyl (C=S) groups is 1. The number of nitrogens with zero attached hydrogens (tertiary/aromatic N) is 3. The third-order valence-corrected chi connectivity index (χ3v) is 3.75. The van der Waals surface area contributed by atoms with E-state index in [1.54, 1.807) is 16.4 Å². The molecule has 0 radical (unpaired) electrons. The van der Waals surface area contributed by atoms with Gasteiger partial charge in [-0.3, -0.25) is 10.2 Å². The van der Waals surface area contributed by atoms with Crippen molar-refractivity contribution in [1.29, 1.82) is 0 Å². The highest BCUT2D eigenvalue weighted by Gasteiger charge is 2.11. The lowest BCUT2D eigenvalue weighted by Gasteiger charge is -2.12. The molecule has 2 N–H and O–H groups in total. The Morgan fingerprint density at radius 2 is 2.05 bits per heavy atom. The summed E-state index contributed by atoms with van der Waals surface area (Å²) in [6, 6.07) is 9.50. The summed E-state index contributed by atoms with van der Waals surface area (Å²) < 4.78 is 1.67. The van der Waals surface area contributed by atoms with E-state index in [-0.39, 0.29) is 17.4 Å². The van der Waals surface area contributed by atoms with Crippen molar-refractivity contribution >= 4 is 35.0 Å². The molecule has 0 aliphatic carbocycles. The van der Waals surface area contributed by atoms with Crippen LogP contribution < -0.4 is 10.7 Å². The first-order valence-corrected chi connectivity index (χ1v) is 8.19. The summed E-state index contributed by atoms with van der Waals surface area (Å²) in [5.41, 5.74) is 3.87. The molecule has 1 aromatic carbocycles. The van der Waals surface area contributed by atoms with E-state index in [2.05, 4.69) is 20.9 Å². The Bertz CT molecular complexity index is 657. The number of nitrogens with one attached hydrogen (secondary N) is 2. The number of thioether (sulfide) groups is 1. The summed E-state index contributed by atoms with van der Waals surface area (Å²) in [5, 5.41) is 11.6. The van der Waals surface area contributed by atoms with Crippen LogP contribution in [0, 0.1) is 6.92 Å². The first kappa shape index (κ1) is 16.4. The molecule has 1 amide bonds. The second-order valence-corrected chi connectivity index (χ2v) is 6.09. The van der Waals surface area contributed by atoms with Crippen molar-refractivity contribution in [3.63, 3.8) is 0 Å². The monoisotopic (exact) mass is 335 g/mol. The summed E-state index contributed by atoms with van der Waals surface area (Å²) in [7, 11) is 0. The molecule has 1 heterocycles.